The second-order valence-electron chi connectivity index (χ2n) is 8.09. The molecule has 4 rings (SSSR count). The molecule has 34 heavy (non-hydrogen) atoms. The Morgan fingerprint density at radius 2 is 1.76 bits per heavy atom. The van der Waals surface area contributed by atoms with Gasteiger partial charge >= 0.3 is 6.18 Å². The molecule has 178 valence electrons. The van der Waals surface area contributed by atoms with Gasteiger partial charge in [-0.1, -0.05) is 29.8 Å². The van der Waals surface area contributed by atoms with Crippen LogP contribution in [0.2, 0.25) is 5.02 Å². The zero-order chi connectivity index (χ0) is 24.5. The summed E-state index contributed by atoms with van der Waals surface area (Å²) in [5, 5.41) is -0.237. The maximum absolute atomic E-state index is 12.9. The number of carbonyl (C=O) groups excluding carboxylic acids is 2. The number of amides is 1. The van der Waals surface area contributed by atoms with Gasteiger partial charge in [-0.15, -0.1) is 0 Å². The van der Waals surface area contributed by atoms with Gasteiger partial charge < -0.3 is 14.8 Å². The molecule has 6 nitrogen and oxygen atoms in total. The highest BCUT2D eigenvalue weighted by Crippen LogP contribution is 2.33. The number of carbonyl (C=O) groups is 2. The Labute approximate surface area is 199 Å². The first-order valence-electron chi connectivity index (χ1n) is 10.7. The summed E-state index contributed by atoms with van der Waals surface area (Å²) in [6.45, 7) is 3.98. The number of hydrogen-bond donors (Lipinski definition) is 1. The maximum atomic E-state index is 12.9. The average Bonchev–Trinajstić information content (AvgIpc) is 3.33. The van der Waals surface area contributed by atoms with Gasteiger partial charge in [-0.2, -0.15) is 13.2 Å². The molecule has 1 aliphatic heterocycles. The molecule has 0 spiro atoms. The van der Waals surface area contributed by atoms with Crippen LogP contribution < -0.4 is 4.90 Å². The van der Waals surface area contributed by atoms with E-state index < -0.39 is 23.4 Å². The zero-order valence-electron chi connectivity index (χ0n) is 18.3. The van der Waals surface area contributed by atoms with Crippen LogP contribution in [0.4, 0.5) is 18.9 Å². The third kappa shape index (κ3) is 4.94. The predicted molar refractivity (Wildman–Crippen MR) is 122 cm³/mol. The Balaban J connectivity index is 1.42. The number of halogens is 4. The summed E-state index contributed by atoms with van der Waals surface area (Å²) < 4.78 is 38.6. The topological polar surface area (TPSA) is 69.3 Å². The van der Waals surface area contributed by atoms with Crippen molar-refractivity contribution in [1.29, 1.82) is 0 Å². The van der Waals surface area contributed by atoms with Crippen molar-refractivity contribution in [1.82, 2.24) is 14.9 Å². The van der Waals surface area contributed by atoms with Crippen LogP contribution in [0.15, 0.2) is 54.9 Å². The zero-order valence-corrected chi connectivity index (χ0v) is 19.0. The van der Waals surface area contributed by atoms with Gasteiger partial charge in [0.15, 0.2) is 5.78 Å². The van der Waals surface area contributed by atoms with E-state index in [1.54, 1.807) is 4.90 Å². The minimum Gasteiger partial charge on any atom is -0.368 e. The van der Waals surface area contributed by atoms with E-state index in [4.69, 9.17) is 11.6 Å². The third-order valence-corrected chi connectivity index (χ3v) is 6.19. The van der Waals surface area contributed by atoms with Crippen molar-refractivity contribution in [3.63, 3.8) is 0 Å². The molecule has 1 unspecified atom stereocenters. The number of hydrogen-bond acceptors (Lipinski definition) is 4. The number of nitrogens with zero attached hydrogens (tertiary/aromatic N) is 3. The van der Waals surface area contributed by atoms with Gasteiger partial charge in [-0.25, -0.2) is 0 Å². The number of H-pyrrole nitrogens is 1. The molecule has 3 heterocycles. The Kier molecular flexibility index (Phi) is 6.65. The fraction of sp³-hybridized carbons (Fsp3) is 0.292. The van der Waals surface area contributed by atoms with E-state index in [9.17, 15) is 22.8 Å². The summed E-state index contributed by atoms with van der Waals surface area (Å²) in [5.41, 5.74) is 0.673. The molecule has 3 aromatic rings. The van der Waals surface area contributed by atoms with E-state index >= 15 is 0 Å². The van der Waals surface area contributed by atoms with E-state index in [0.717, 1.165) is 11.8 Å². The standard InChI is InChI=1S/C24H22ClF3N4O2/c1-15(21-19(25)12-17(14-30-21)24(26,27)28)22(33)16-11-20(29-13-16)23(34)32-9-7-31(8-10-32)18-5-3-2-4-6-18/h2-6,11-15,29H,7-10H2,1H3. The number of ketones is 1. The first-order chi connectivity index (χ1) is 16.1. The highest BCUT2D eigenvalue weighted by molar-refractivity contribution is 6.31. The minimum atomic E-state index is -4.58. The monoisotopic (exact) mass is 490 g/mol. The molecular weight excluding hydrogens is 469 g/mol. The normalized spacial score (nSPS) is 15.3. The number of anilines is 1. The second kappa shape index (κ2) is 9.50. The lowest BCUT2D eigenvalue weighted by Gasteiger charge is -2.36. The minimum absolute atomic E-state index is 0.0470. The van der Waals surface area contributed by atoms with Crippen LogP contribution in [-0.4, -0.2) is 52.7 Å². The number of aromatic amines is 1. The van der Waals surface area contributed by atoms with Crippen molar-refractivity contribution in [2.45, 2.75) is 19.0 Å². The van der Waals surface area contributed by atoms with Gasteiger partial charge in [0.25, 0.3) is 5.91 Å². The van der Waals surface area contributed by atoms with Gasteiger partial charge in [0.1, 0.15) is 5.69 Å². The molecular formula is C24H22ClF3N4O2. The molecule has 1 N–H and O–H groups in total. The number of Topliss-reactive ketones (excluding diaryl/α,β-unsaturated/α-hetero) is 1. The quantitative estimate of drug-likeness (QED) is 0.509. The van der Waals surface area contributed by atoms with E-state index in [2.05, 4.69) is 14.9 Å². The highest BCUT2D eigenvalue weighted by Gasteiger charge is 2.33. The van der Waals surface area contributed by atoms with Gasteiger partial charge in [0, 0.05) is 49.8 Å². The molecule has 2 aromatic heterocycles. The molecule has 0 aliphatic carbocycles. The molecule has 1 atom stereocenters. The van der Waals surface area contributed by atoms with Crippen molar-refractivity contribution in [3.05, 3.63) is 82.4 Å². The predicted octanol–water partition coefficient (Wildman–Crippen LogP) is 5.03. The van der Waals surface area contributed by atoms with E-state index in [-0.39, 0.29) is 27.9 Å². The van der Waals surface area contributed by atoms with Crippen LogP contribution in [0.5, 0.6) is 0 Å². The van der Waals surface area contributed by atoms with Gasteiger partial charge in [0.2, 0.25) is 0 Å². The second-order valence-corrected chi connectivity index (χ2v) is 8.50. The molecule has 1 aliphatic rings. The van der Waals surface area contributed by atoms with E-state index in [0.29, 0.717) is 32.4 Å². The summed E-state index contributed by atoms with van der Waals surface area (Å²) in [7, 11) is 0. The van der Waals surface area contributed by atoms with Crippen molar-refractivity contribution in [3.8, 4) is 0 Å². The Morgan fingerprint density at radius 3 is 2.38 bits per heavy atom. The van der Waals surface area contributed by atoms with Crippen molar-refractivity contribution in [2.75, 3.05) is 31.1 Å². The first kappa shape index (κ1) is 23.8. The fourth-order valence-electron chi connectivity index (χ4n) is 3.93. The molecule has 1 fully saturated rings. The Hall–Kier alpha value is -3.33. The van der Waals surface area contributed by atoms with Crippen LogP contribution in [0.1, 0.15) is 44.9 Å². The summed E-state index contributed by atoms with van der Waals surface area (Å²) in [4.78, 5) is 36.4. The molecule has 0 bridgehead atoms. The highest BCUT2D eigenvalue weighted by atomic mass is 35.5. The maximum Gasteiger partial charge on any atom is 0.417 e. The number of alkyl halides is 3. The van der Waals surface area contributed by atoms with Crippen LogP contribution in [0.25, 0.3) is 0 Å². The molecule has 1 amide bonds. The summed E-state index contributed by atoms with van der Waals surface area (Å²) in [6.07, 6.45) is -2.50. The van der Waals surface area contributed by atoms with Crippen LogP contribution in [-0.2, 0) is 6.18 Å². The third-order valence-electron chi connectivity index (χ3n) is 5.89. The van der Waals surface area contributed by atoms with Gasteiger partial charge in [0.05, 0.1) is 22.2 Å². The lowest BCUT2D eigenvalue weighted by Crippen LogP contribution is -2.48. The van der Waals surface area contributed by atoms with Crippen molar-refractivity contribution in [2.24, 2.45) is 0 Å². The summed E-state index contributed by atoms with van der Waals surface area (Å²) in [6, 6.07) is 12.2. The number of benzene rings is 1. The number of piperazine rings is 1. The Bertz CT molecular complexity index is 1190. The van der Waals surface area contributed by atoms with Gasteiger partial charge in [-0.05, 0) is 31.2 Å². The largest absolute Gasteiger partial charge is 0.417 e. The Morgan fingerprint density at radius 1 is 1.09 bits per heavy atom. The first-order valence-corrected chi connectivity index (χ1v) is 11.1. The van der Waals surface area contributed by atoms with Crippen LogP contribution in [0, 0.1) is 0 Å². The van der Waals surface area contributed by atoms with E-state index in [1.165, 1.54) is 19.2 Å². The molecule has 10 heteroatoms. The van der Waals surface area contributed by atoms with Crippen molar-refractivity contribution >= 4 is 29.0 Å². The number of rotatable bonds is 5. The summed E-state index contributed by atoms with van der Waals surface area (Å²) >= 11 is 5.99. The smallest absolute Gasteiger partial charge is 0.368 e. The van der Waals surface area contributed by atoms with Crippen molar-refractivity contribution < 1.29 is 22.8 Å². The number of nitrogens with one attached hydrogen (secondary N) is 1. The average molecular weight is 491 g/mol. The molecule has 1 aromatic carbocycles. The number of aromatic nitrogens is 2. The lowest BCUT2D eigenvalue weighted by atomic mass is 9.97. The number of pyridine rings is 1. The molecule has 0 saturated carbocycles. The summed E-state index contributed by atoms with van der Waals surface area (Å²) in [5.74, 6) is -1.51. The van der Waals surface area contributed by atoms with Gasteiger partial charge in [-0.3, -0.25) is 14.6 Å². The van der Waals surface area contributed by atoms with Crippen LogP contribution in [0.3, 0.4) is 0 Å². The molecule has 1 saturated heterocycles. The fourth-order valence-corrected chi connectivity index (χ4v) is 4.26. The SMILES string of the molecule is CC(C(=O)c1c[nH]c(C(=O)N2CCN(c3ccccc3)CC2)c1)c1ncc(C(F)(F)F)cc1Cl. The van der Waals surface area contributed by atoms with Crippen LogP contribution >= 0.6 is 11.6 Å². The molecule has 0 radical (unpaired) electrons. The van der Waals surface area contributed by atoms with E-state index in [1.807, 2.05) is 30.3 Å². The lowest BCUT2D eigenvalue weighted by molar-refractivity contribution is -0.137. The number of para-hydroxylation sites is 1.